The summed E-state index contributed by atoms with van der Waals surface area (Å²) < 4.78 is 27.5. The summed E-state index contributed by atoms with van der Waals surface area (Å²) in [5.41, 5.74) is 1.72. The lowest BCUT2D eigenvalue weighted by molar-refractivity contribution is 0.597. The maximum atomic E-state index is 11.9. The SMILES string of the molecule is CSC1=NS(=O)(=O)c2ccc(C)cc2N1C. The average molecular weight is 256 g/mol. The van der Waals surface area contributed by atoms with Crippen molar-refractivity contribution >= 4 is 32.6 Å². The molecule has 0 aliphatic carbocycles. The molecular formula is C10H12N2O2S2. The Kier molecular flexibility index (Phi) is 2.71. The standard InChI is InChI=1S/C10H12N2O2S2/c1-7-4-5-9-8(6-7)12(2)10(15-3)11-16(9,13)14/h4-6H,1-3H3. The van der Waals surface area contributed by atoms with Gasteiger partial charge in [-0.25, -0.2) is 0 Å². The van der Waals surface area contributed by atoms with Crippen LogP contribution in [0.3, 0.4) is 0 Å². The zero-order valence-corrected chi connectivity index (χ0v) is 10.9. The van der Waals surface area contributed by atoms with Crippen molar-refractivity contribution < 1.29 is 8.42 Å². The lowest BCUT2D eigenvalue weighted by Gasteiger charge is -2.26. The van der Waals surface area contributed by atoms with Crippen LogP contribution in [-0.4, -0.2) is 26.9 Å². The van der Waals surface area contributed by atoms with Crippen LogP contribution < -0.4 is 4.90 Å². The minimum Gasteiger partial charge on any atom is -0.322 e. The highest BCUT2D eigenvalue weighted by atomic mass is 32.2. The average Bonchev–Trinajstić information content (AvgIpc) is 2.23. The Bertz CT molecular complexity index is 564. The van der Waals surface area contributed by atoms with E-state index in [9.17, 15) is 8.42 Å². The van der Waals surface area contributed by atoms with Crippen molar-refractivity contribution in [2.75, 3.05) is 18.2 Å². The number of fused-ring (bicyclic) bond motifs is 1. The van der Waals surface area contributed by atoms with Crippen LogP contribution in [0.1, 0.15) is 5.56 Å². The van der Waals surface area contributed by atoms with Gasteiger partial charge in [-0.05, 0) is 30.9 Å². The zero-order chi connectivity index (χ0) is 11.9. The summed E-state index contributed by atoms with van der Waals surface area (Å²) in [6.07, 6.45) is 1.81. The van der Waals surface area contributed by atoms with Gasteiger partial charge in [0.2, 0.25) is 0 Å². The van der Waals surface area contributed by atoms with E-state index in [0.717, 1.165) is 5.56 Å². The number of hydrogen-bond donors (Lipinski definition) is 0. The predicted molar refractivity (Wildman–Crippen MR) is 67.7 cm³/mol. The maximum absolute atomic E-state index is 11.9. The smallest absolute Gasteiger partial charge is 0.286 e. The van der Waals surface area contributed by atoms with Gasteiger partial charge in [0, 0.05) is 7.05 Å². The first-order valence-electron chi connectivity index (χ1n) is 4.69. The van der Waals surface area contributed by atoms with Crippen molar-refractivity contribution in [3.63, 3.8) is 0 Å². The number of nitrogens with zero attached hydrogens (tertiary/aromatic N) is 2. The Morgan fingerprint density at radius 2 is 2.06 bits per heavy atom. The lowest BCUT2D eigenvalue weighted by Crippen LogP contribution is -2.29. The quantitative estimate of drug-likeness (QED) is 0.711. The minimum atomic E-state index is -3.53. The molecule has 0 bridgehead atoms. The second-order valence-electron chi connectivity index (χ2n) is 3.58. The number of aryl methyl sites for hydroxylation is 1. The van der Waals surface area contributed by atoms with Crippen LogP contribution in [0.15, 0.2) is 27.5 Å². The van der Waals surface area contributed by atoms with E-state index in [1.165, 1.54) is 11.8 Å². The van der Waals surface area contributed by atoms with Gasteiger partial charge in [0.25, 0.3) is 10.0 Å². The summed E-state index contributed by atoms with van der Waals surface area (Å²) in [7, 11) is -1.71. The molecule has 86 valence electrons. The number of amidine groups is 1. The summed E-state index contributed by atoms with van der Waals surface area (Å²) in [4.78, 5) is 2.08. The molecular weight excluding hydrogens is 244 g/mol. The first kappa shape index (κ1) is 11.5. The molecule has 0 unspecified atom stereocenters. The fraction of sp³-hybridized carbons (Fsp3) is 0.300. The summed E-state index contributed by atoms with van der Waals surface area (Å²) in [5.74, 6) is 0. The van der Waals surface area contributed by atoms with Crippen molar-refractivity contribution in [3.8, 4) is 0 Å². The summed E-state index contributed by atoms with van der Waals surface area (Å²) in [6, 6.07) is 5.25. The third-order valence-corrected chi connectivity index (χ3v) is 4.58. The predicted octanol–water partition coefficient (Wildman–Crippen LogP) is 1.85. The molecule has 6 heteroatoms. The monoisotopic (exact) mass is 256 g/mol. The van der Waals surface area contributed by atoms with Gasteiger partial charge >= 0.3 is 0 Å². The van der Waals surface area contributed by atoms with Gasteiger partial charge in [-0.15, -0.1) is 4.40 Å². The molecule has 1 aromatic carbocycles. The van der Waals surface area contributed by atoms with Crippen LogP contribution in [0, 0.1) is 6.92 Å². The number of anilines is 1. The van der Waals surface area contributed by atoms with E-state index in [4.69, 9.17) is 0 Å². The number of benzene rings is 1. The number of sulfonamides is 1. The largest absolute Gasteiger partial charge is 0.322 e. The Labute approximate surface area is 99.4 Å². The second kappa shape index (κ2) is 3.78. The van der Waals surface area contributed by atoms with Gasteiger partial charge in [0.05, 0.1) is 5.69 Å². The molecule has 2 rings (SSSR count). The Morgan fingerprint density at radius 1 is 1.38 bits per heavy atom. The molecule has 1 heterocycles. The lowest BCUT2D eigenvalue weighted by atomic mass is 10.2. The molecule has 0 spiro atoms. The molecule has 1 aromatic rings. The van der Waals surface area contributed by atoms with Crippen LogP contribution in [-0.2, 0) is 10.0 Å². The zero-order valence-electron chi connectivity index (χ0n) is 9.26. The van der Waals surface area contributed by atoms with E-state index in [-0.39, 0.29) is 4.90 Å². The van der Waals surface area contributed by atoms with Gasteiger partial charge in [0.15, 0.2) is 5.17 Å². The highest BCUT2D eigenvalue weighted by molar-refractivity contribution is 8.14. The molecule has 0 amide bonds. The Hall–Kier alpha value is -1.01. The first-order chi connectivity index (χ1) is 7.45. The van der Waals surface area contributed by atoms with Crippen molar-refractivity contribution in [1.82, 2.24) is 0 Å². The van der Waals surface area contributed by atoms with E-state index in [2.05, 4.69) is 4.40 Å². The topological polar surface area (TPSA) is 49.7 Å². The van der Waals surface area contributed by atoms with Crippen LogP contribution in [0.2, 0.25) is 0 Å². The molecule has 1 aliphatic rings. The third-order valence-electron chi connectivity index (χ3n) is 2.42. The molecule has 0 atom stereocenters. The summed E-state index contributed by atoms with van der Waals surface area (Å²) >= 11 is 1.32. The molecule has 0 saturated carbocycles. The molecule has 4 nitrogen and oxygen atoms in total. The third kappa shape index (κ3) is 1.72. The van der Waals surface area contributed by atoms with E-state index in [1.54, 1.807) is 17.0 Å². The summed E-state index contributed by atoms with van der Waals surface area (Å²) in [5, 5.41) is 0.498. The Balaban J connectivity index is 2.72. The molecule has 0 saturated heterocycles. The van der Waals surface area contributed by atoms with Gasteiger partial charge in [-0.3, -0.25) is 0 Å². The molecule has 0 radical (unpaired) electrons. The molecule has 0 N–H and O–H groups in total. The van der Waals surface area contributed by atoms with Crippen molar-refractivity contribution in [2.24, 2.45) is 4.40 Å². The molecule has 16 heavy (non-hydrogen) atoms. The van der Waals surface area contributed by atoms with E-state index in [1.807, 2.05) is 26.3 Å². The van der Waals surface area contributed by atoms with Crippen LogP contribution in [0.5, 0.6) is 0 Å². The van der Waals surface area contributed by atoms with Gasteiger partial charge < -0.3 is 4.90 Å². The first-order valence-corrected chi connectivity index (χ1v) is 7.35. The van der Waals surface area contributed by atoms with Crippen molar-refractivity contribution in [2.45, 2.75) is 11.8 Å². The highest BCUT2D eigenvalue weighted by Gasteiger charge is 2.28. The minimum absolute atomic E-state index is 0.276. The fourth-order valence-corrected chi connectivity index (χ4v) is 3.69. The van der Waals surface area contributed by atoms with Crippen LogP contribution in [0.25, 0.3) is 0 Å². The van der Waals surface area contributed by atoms with Crippen molar-refractivity contribution in [3.05, 3.63) is 23.8 Å². The normalized spacial score (nSPS) is 17.9. The van der Waals surface area contributed by atoms with Crippen LogP contribution >= 0.6 is 11.8 Å². The molecule has 0 fully saturated rings. The van der Waals surface area contributed by atoms with Gasteiger partial charge in [-0.2, -0.15) is 8.42 Å². The van der Waals surface area contributed by atoms with Gasteiger partial charge in [-0.1, -0.05) is 17.8 Å². The summed E-state index contributed by atoms with van der Waals surface area (Å²) in [6.45, 7) is 1.94. The van der Waals surface area contributed by atoms with E-state index >= 15 is 0 Å². The van der Waals surface area contributed by atoms with Crippen molar-refractivity contribution in [1.29, 1.82) is 0 Å². The maximum Gasteiger partial charge on any atom is 0.286 e. The number of rotatable bonds is 0. The second-order valence-corrected chi connectivity index (χ2v) is 5.93. The molecule has 1 aliphatic heterocycles. The number of hydrogen-bond acceptors (Lipinski definition) is 4. The van der Waals surface area contributed by atoms with Gasteiger partial charge in [0.1, 0.15) is 4.90 Å². The van der Waals surface area contributed by atoms with E-state index in [0.29, 0.717) is 10.9 Å². The highest BCUT2D eigenvalue weighted by Crippen LogP contribution is 2.33. The Morgan fingerprint density at radius 3 is 2.69 bits per heavy atom. The molecule has 0 aromatic heterocycles. The number of thioether (sulfide) groups is 1. The fourth-order valence-electron chi connectivity index (χ4n) is 1.60. The van der Waals surface area contributed by atoms with E-state index < -0.39 is 10.0 Å². The van der Waals surface area contributed by atoms with Crippen LogP contribution in [0.4, 0.5) is 5.69 Å².